The Morgan fingerprint density at radius 2 is 2.00 bits per heavy atom. The van der Waals surface area contributed by atoms with Crippen molar-refractivity contribution in [2.24, 2.45) is 28.6 Å². The zero-order chi connectivity index (χ0) is 17.2. The Hall–Kier alpha value is -1.16. The Balaban J connectivity index is 1.47. The summed E-state index contributed by atoms with van der Waals surface area (Å²) in [5.41, 5.74) is 2.28. The van der Waals surface area contributed by atoms with Crippen LogP contribution in [0.1, 0.15) is 77.0 Å². The highest BCUT2D eigenvalue weighted by molar-refractivity contribution is 5.26. The van der Waals surface area contributed by atoms with Crippen LogP contribution >= 0.6 is 0 Å². The Morgan fingerprint density at radius 1 is 1.12 bits per heavy atom. The molecule has 5 rings (SSSR count). The average molecular weight is 341 g/mol. The summed E-state index contributed by atoms with van der Waals surface area (Å²) in [7, 11) is 0. The van der Waals surface area contributed by atoms with E-state index in [1.165, 1.54) is 38.5 Å². The molecule has 136 valence electrons. The lowest BCUT2D eigenvalue weighted by Crippen LogP contribution is -2.50. The molecule has 0 aliphatic heterocycles. The molecule has 0 aromatic carbocycles. The van der Waals surface area contributed by atoms with E-state index in [2.05, 4.69) is 35.1 Å². The molecule has 3 fully saturated rings. The molecule has 1 heterocycles. The van der Waals surface area contributed by atoms with Crippen LogP contribution in [0.4, 0.5) is 0 Å². The van der Waals surface area contributed by atoms with Crippen molar-refractivity contribution in [2.45, 2.75) is 77.2 Å². The number of fused-ring (bicyclic) bond motifs is 5. The topological polar surface area (TPSA) is 61.8 Å². The van der Waals surface area contributed by atoms with Gasteiger partial charge in [0.05, 0.1) is 6.10 Å². The van der Waals surface area contributed by atoms with Crippen molar-refractivity contribution in [2.75, 3.05) is 0 Å². The molecule has 0 amide bonds. The van der Waals surface area contributed by atoms with E-state index < -0.39 is 0 Å². The predicted molar refractivity (Wildman–Crippen MR) is 96.8 cm³/mol. The largest absolute Gasteiger partial charge is 0.393 e. The van der Waals surface area contributed by atoms with Gasteiger partial charge in [-0.2, -0.15) is 5.10 Å². The molecule has 3 saturated carbocycles. The number of aromatic amines is 1. The lowest BCUT2D eigenvalue weighted by Gasteiger charge is -2.57. The third kappa shape index (κ3) is 2.16. The highest BCUT2D eigenvalue weighted by atomic mass is 16.3. The van der Waals surface area contributed by atoms with Crippen LogP contribution in [0.3, 0.4) is 0 Å². The van der Waals surface area contributed by atoms with Gasteiger partial charge >= 0.3 is 0 Å². The summed E-state index contributed by atoms with van der Waals surface area (Å²) in [6.45, 7) is 5.04. The highest BCUT2D eigenvalue weighted by Gasteiger charge is 2.59. The number of rotatable bonds is 1. The standard InChI is InChI=1S/C21H31N3O/c1-20-9-7-14(25)11-13(20)3-4-15-16-5-6-18(19-22-12-23-24-19)21(16,2)10-8-17(15)20/h3,12,14-18,25H,4-11H2,1-2H3,(H,22,23,24)/t14?,15-,16-,17+,18?,20-,21-/m0/s1. The zero-order valence-electron chi connectivity index (χ0n) is 15.5. The minimum atomic E-state index is -0.105. The third-order valence-electron chi connectivity index (χ3n) is 8.84. The van der Waals surface area contributed by atoms with E-state index in [0.29, 0.717) is 16.7 Å². The molecular formula is C21H31N3O. The molecule has 1 aromatic rings. The summed E-state index contributed by atoms with van der Waals surface area (Å²) in [5.74, 6) is 4.10. The van der Waals surface area contributed by atoms with Gasteiger partial charge in [-0.15, -0.1) is 0 Å². The second kappa shape index (κ2) is 5.42. The maximum atomic E-state index is 10.1. The van der Waals surface area contributed by atoms with Crippen LogP contribution in [-0.2, 0) is 0 Å². The van der Waals surface area contributed by atoms with Crippen LogP contribution in [0.5, 0.6) is 0 Å². The summed E-state index contributed by atoms with van der Waals surface area (Å²) in [4.78, 5) is 4.52. The Morgan fingerprint density at radius 3 is 2.80 bits per heavy atom. The number of aliphatic hydroxyl groups excluding tert-OH is 1. The van der Waals surface area contributed by atoms with Gasteiger partial charge in [-0.3, -0.25) is 5.10 Å². The van der Waals surface area contributed by atoms with Gasteiger partial charge in [-0.25, -0.2) is 4.98 Å². The molecule has 2 unspecified atom stereocenters. The molecule has 0 bridgehead atoms. The van der Waals surface area contributed by atoms with Crippen LogP contribution in [0, 0.1) is 28.6 Å². The van der Waals surface area contributed by atoms with Crippen molar-refractivity contribution in [3.63, 3.8) is 0 Å². The van der Waals surface area contributed by atoms with E-state index in [-0.39, 0.29) is 6.10 Å². The summed E-state index contributed by atoms with van der Waals surface area (Å²) in [5, 5.41) is 17.4. The van der Waals surface area contributed by atoms with Crippen LogP contribution in [0.2, 0.25) is 0 Å². The number of hydrogen-bond donors (Lipinski definition) is 2. The van der Waals surface area contributed by atoms with E-state index in [1.54, 1.807) is 11.9 Å². The second-order valence-corrected chi connectivity index (χ2v) is 9.70. The van der Waals surface area contributed by atoms with Crippen molar-refractivity contribution in [1.82, 2.24) is 15.2 Å². The minimum Gasteiger partial charge on any atom is -0.393 e. The molecule has 4 aliphatic carbocycles. The lowest BCUT2D eigenvalue weighted by atomic mass is 9.47. The summed E-state index contributed by atoms with van der Waals surface area (Å²) >= 11 is 0. The zero-order valence-corrected chi connectivity index (χ0v) is 15.5. The van der Waals surface area contributed by atoms with Gasteiger partial charge in [0, 0.05) is 5.92 Å². The molecule has 0 saturated heterocycles. The smallest absolute Gasteiger partial charge is 0.137 e. The number of nitrogens with one attached hydrogen (secondary N) is 1. The normalized spacial score (nSPS) is 49.1. The number of allylic oxidation sites excluding steroid dienone is 1. The van der Waals surface area contributed by atoms with Gasteiger partial charge in [-0.1, -0.05) is 25.5 Å². The molecule has 25 heavy (non-hydrogen) atoms. The second-order valence-electron chi connectivity index (χ2n) is 9.70. The number of hydrogen-bond acceptors (Lipinski definition) is 3. The third-order valence-corrected chi connectivity index (χ3v) is 8.84. The van der Waals surface area contributed by atoms with Crippen LogP contribution < -0.4 is 0 Å². The van der Waals surface area contributed by atoms with Gasteiger partial charge in [0.1, 0.15) is 12.2 Å². The van der Waals surface area contributed by atoms with Gasteiger partial charge in [0.25, 0.3) is 0 Å². The molecule has 7 atom stereocenters. The highest BCUT2D eigenvalue weighted by Crippen LogP contribution is 2.67. The first-order chi connectivity index (χ1) is 12.0. The van der Waals surface area contributed by atoms with E-state index in [9.17, 15) is 5.11 Å². The van der Waals surface area contributed by atoms with E-state index >= 15 is 0 Å². The fraction of sp³-hybridized carbons (Fsp3) is 0.810. The maximum Gasteiger partial charge on any atom is 0.137 e. The maximum absolute atomic E-state index is 10.1. The SMILES string of the molecule is C[C@]12CCC(O)CC1=CC[C@@H]1[C@H]2CC[C@]2(C)C(c3ncn[nH]3)CC[C@@H]12. The molecule has 4 aliphatic rings. The first-order valence-electron chi connectivity index (χ1n) is 10.3. The molecule has 2 N–H and O–H groups in total. The number of nitrogens with zero attached hydrogens (tertiary/aromatic N) is 2. The number of H-pyrrole nitrogens is 1. The van der Waals surface area contributed by atoms with E-state index in [4.69, 9.17) is 0 Å². The van der Waals surface area contributed by atoms with Gasteiger partial charge in [-0.05, 0) is 80.0 Å². The fourth-order valence-corrected chi connectivity index (χ4v) is 7.47. The lowest BCUT2D eigenvalue weighted by molar-refractivity contribution is -0.0415. The van der Waals surface area contributed by atoms with Crippen molar-refractivity contribution in [3.8, 4) is 0 Å². The number of aromatic nitrogens is 3. The first-order valence-corrected chi connectivity index (χ1v) is 10.3. The Labute approximate surface area is 150 Å². The van der Waals surface area contributed by atoms with Gasteiger partial charge < -0.3 is 5.11 Å². The van der Waals surface area contributed by atoms with Crippen molar-refractivity contribution in [3.05, 3.63) is 23.8 Å². The Kier molecular flexibility index (Phi) is 3.48. The molecule has 4 heteroatoms. The monoisotopic (exact) mass is 341 g/mol. The van der Waals surface area contributed by atoms with E-state index in [1.807, 2.05) is 0 Å². The van der Waals surface area contributed by atoms with Crippen LogP contribution in [0.15, 0.2) is 18.0 Å². The summed E-state index contributed by atoms with van der Waals surface area (Å²) in [6.07, 6.45) is 13.6. The van der Waals surface area contributed by atoms with Crippen molar-refractivity contribution in [1.29, 1.82) is 0 Å². The molecule has 4 nitrogen and oxygen atoms in total. The van der Waals surface area contributed by atoms with Crippen LogP contribution in [-0.4, -0.2) is 26.4 Å². The quantitative estimate of drug-likeness (QED) is 0.752. The van der Waals surface area contributed by atoms with Gasteiger partial charge in [0.2, 0.25) is 0 Å². The molecule has 0 spiro atoms. The predicted octanol–water partition coefficient (Wildman–Crippen LogP) is 4.21. The summed E-state index contributed by atoms with van der Waals surface area (Å²) < 4.78 is 0. The van der Waals surface area contributed by atoms with Crippen molar-refractivity contribution < 1.29 is 5.11 Å². The fourth-order valence-electron chi connectivity index (χ4n) is 7.47. The van der Waals surface area contributed by atoms with Gasteiger partial charge in [0.15, 0.2) is 0 Å². The first kappa shape index (κ1) is 16.0. The van der Waals surface area contributed by atoms with Crippen LogP contribution in [0.25, 0.3) is 0 Å². The molecule has 0 radical (unpaired) electrons. The van der Waals surface area contributed by atoms with E-state index in [0.717, 1.165) is 36.4 Å². The summed E-state index contributed by atoms with van der Waals surface area (Å²) in [6, 6.07) is 0. The Bertz CT molecular complexity index is 683. The van der Waals surface area contributed by atoms with Crippen molar-refractivity contribution >= 4 is 0 Å². The minimum absolute atomic E-state index is 0.105. The average Bonchev–Trinajstić information content (AvgIpc) is 3.22. The molecular weight excluding hydrogens is 310 g/mol. The number of aliphatic hydroxyl groups is 1. The molecule has 1 aromatic heterocycles.